The Morgan fingerprint density at radius 1 is 1.25 bits per heavy atom. The van der Waals surface area contributed by atoms with E-state index in [1.54, 1.807) is 18.2 Å². The average molecular weight is 286 g/mol. The molecule has 0 saturated carbocycles. The molecule has 3 rings (SSSR count). The monoisotopic (exact) mass is 286 g/mol. The number of nitrogens with zero attached hydrogens (tertiary/aromatic N) is 3. The van der Waals surface area contributed by atoms with Crippen molar-refractivity contribution in [3.63, 3.8) is 0 Å². The molecule has 20 heavy (non-hydrogen) atoms. The topological polar surface area (TPSA) is 81.0 Å². The highest BCUT2D eigenvalue weighted by Crippen LogP contribution is 2.26. The summed E-state index contributed by atoms with van der Waals surface area (Å²) in [6, 6.07) is 8.59. The van der Waals surface area contributed by atoms with Gasteiger partial charge in [-0.3, -0.25) is 10.1 Å². The first-order valence-corrected chi connectivity index (χ1v) is 6.78. The summed E-state index contributed by atoms with van der Waals surface area (Å²) < 4.78 is 0.950. The molecule has 0 radical (unpaired) electrons. The second-order valence-corrected chi connectivity index (χ2v) is 5.01. The van der Waals surface area contributed by atoms with Crippen molar-refractivity contribution < 1.29 is 4.92 Å². The lowest BCUT2D eigenvalue weighted by Gasteiger charge is -2.06. The van der Waals surface area contributed by atoms with Gasteiger partial charge in [-0.15, -0.1) is 11.3 Å². The number of aromatic nitrogens is 2. The van der Waals surface area contributed by atoms with Crippen LogP contribution < -0.4 is 5.32 Å². The van der Waals surface area contributed by atoms with Crippen LogP contribution in [0.4, 0.5) is 11.5 Å². The Labute approximate surface area is 118 Å². The third-order valence-electron chi connectivity index (χ3n) is 2.88. The van der Waals surface area contributed by atoms with Gasteiger partial charge in [-0.05, 0) is 11.4 Å². The molecule has 0 aliphatic carbocycles. The molecule has 100 valence electrons. The number of hydrogen-bond acceptors (Lipinski definition) is 6. The van der Waals surface area contributed by atoms with Gasteiger partial charge in [0.15, 0.2) is 0 Å². The molecule has 3 aromatic rings. The van der Waals surface area contributed by atoms with Gasteiger partial charge < -0.3 is 5.32 Å². The predicted molar refractivity (Wildman–Crippen MR) is 77.8 cm³/mol. The highest BCUT2D eigenvalue weighted by atomic mass is 32.1. The summed E-state index contributed by atoms with van der Waals surface area (Å²) in [4.78, 5) is 18.9. The highest BCUT2D eigenvalue weighted by Gasteiger charge is 2.12. The van der Waals surface area contributed by atoms with Gasteiger partial charge in [0.1, 0.15) is 12.1 Å². The van der Waals surface area contributed by atoms with E-state index in [0.717, 1.165) is 10.2 Å². The van der Waals surface area contributed by atoms with Crippen molar-refractivity contribution in [1.82, 2.24) is 9.97 Å². The van der Waals surface area contributed by atoms with E-state index in [4.69, 9.17) is 0 Å². The highest BCUT2D eigenvalue weighted by molar-refractivity contribution is 7.17. The Kier molecular flexibility index (Phi) is 3.26. The van der Waals surface area contributed by atoms with Gasteiger partial charge in [-0.1, -0.05) is 18.2 Å². The molecular weight excluding hydrogens is 276 g/mol. The lowest BCUT2D eigenvalue weighted by atomic mass is 10.2. The molecule has 2 heterocycles. The van der Waals surface area contributed by atoms with Crippen molar-refractivity contribution in [2.75, 3.05) is 5.32 Å². The van der Waals surface area contributed by atoms with Crippen LogP contribution in [-0.2, 0) is 6.54 Å². The molecule has 6 nitrogen and oxygen atoms in total. The van der Waals surface area contributed by atoms with Crippen LogP contribution in [0.15, 0.2) is 42.0 Å². The molecule has 0 spiro atoms. The van der Waals surface area contributed by atoms with Crippen LogP contribution in [-0.4, -0.2) is 14.9 Å². The zero-order chi connectivity index (χ0) is 13.9. The molecule has 0 saturated heterocycles. The summed E-state index contributed by atoms with van der Waals surface area (Å²) in [5.41, 5.74) is 1.60. The first-order chi connectivity index (χ1) is 9.75. The Morgan fingerprint density at radius 3 is 2.95 bits per heavy atom. The van der Waals surface area contributed by atoms with Crippen LogP contribution in [0, 0.1) is 10.1 Å². The van der Waals surface area contributed by atoms with Gasteiger partial charge >= 0.3 is 0 Å². The third kappa shape index (κ3) is 2.30. The van der Waals surface area contributed by atoms with E-state index in [-0.39, 0.29) is 10.6 Å². The molecule has 7 heteroatoms. The average Bonchev–Trinajstić information content (AvgIpc) is 2.94. The molecular formula is C13H10N4O2S. The number of hydrogen-bond donors (Lipinski definition) is 1. The molecule has 0 amide bonds. The number of nitrogens with one attached hydrogen (secondary N) is 1. The summed E-state index contributed by atoms with van der Waals surface area (Å²) in [5, 5.41) is 16.0. The second-order valence-electron chi connectivity index (χ2n) is 4.10. The second kappa shape index (κ2) is 5.22. The van der Waals surface area contributed by atoms with Gasteiger partial charge in [0.25, 0.3) is 5.69 Å². The van der Waals surface area contributed by atoms with E-state index >= 15 is 0 Å². The summed E-state index contributed by atoms with van der Waals surface area (Å²) in [7, 11) is 0. The van der Waals surface area contributed by atoms with Gasteiger partial charge in [-0.25, -0.2) is 9.97 Å². The molecule has 0 unspecified atom stereocenters. The van der Waals surface area contributed by atoms with E-state index < -0.39 is 0 Å². The van der Waals surface area contributed by atoms with Gasteiger partial charge in [0.2, 0.25) is 0 Å². The maximum Gasteiger partial charge on any atom is 0.274 e. The van der Waals surface area contributed by atoms with E-state index in [1.807, 2.05) is 11.4 Å². The number of benzene rings is 1. The normalized spacial score (nSPS) is 10.6. The molecule has 0 bridgehead atoms. The smallest absolute Gasteiger partial charge is 0.274 e. The molecule has 1 N–H and O–H groups in total. The first kappa shape index (κ1) is 12.5. The number of fused-ring (bicyclic) bond motifs is 1. The van der Waals surface area contributed by atoms with Crippen molar-refractivity contribution in [3.05, 3.63) is 57.7 Å². The van der Waals surface area contributed by atoms with Crippen molar-refractivity contribution in [1.29, 1.82) is 0 Å². The molecule has 1 aromatic carbocycles. The Hall–Kier alpha value is -2.54. The Balaban J connectivity index is 1.87. The fourth-order valence-electron chi connectivity index (χ4n) is 1.93. The van der Waals surface area contributed by atoms with Crippen molar-refractivity contribution in [3.8, 4) is 0 Å². The molecule has 2 aromatic heterocycles. The maximum absolute atomic E-state index is 11.0. The Morgan fingerprint density at radius 2 is 2.10 bits per heavy atom. The summed E-state index contributed by atoms with van der Waals surface area (Å²) in [6.07, 6.45) is 1.48. The van der Waals surface area contributed by atoms with E-state index in [2.05, 4.69) is 15.3 Å². The lowest BCUT2D eigenvalue weighted by molar-refractivity contribution is -0.385. The summed E-state index contributed by atoms with van der Waals surface area (Å²) >= 11 is 1.54. The standard InChI is InChI=1S/C13H10N4O2S/c18-17(19)11-4-2-1-3-9(11)7-14-13-12-10(5-6-20-12)15-8-16-13/h1-6,8H,7H2,(H,14,15,16). The van der Waals surface area contributed by atoms with Crippen molar-refractivity contribution in [2.45, 2.75) is 6.54 Å². The van der Waals surface area contributed by atoms with Gasteiger partial charge in [-0.2, -0.15) is 0 Å². The number of para-hydroxylation sites is 1. The quantitative estimate of drug-likeness (QED) is 0.588. The van der Waals surface area contributed by atoms with E-state index in [1.165, 1.54) is 23.7 Å². The fraction of sp³-hybridized carbons (Fsp3) is 0.0769. The minimum Gasteiger partial charge on any atom is -0.364 e. The molecule has 0 atom stereocenters. The number of thiophene rings is 1. The van der Waals surface area contributed by atoms with Crippen LogP contribution >= 0.6 is 11.3 Å². The zero-order valence-corrected chi connectivity index (χ0v) is 11.1. The minimum atomic E-state index is -0.377. The predicted octanol–water partition coefficient (Wildman–Crippen LogP) is 3.21. The van der Waals surface area contributed by atoms with Crippen LogP contribution in [0.25, 0.3) is 10.2 Å². The Bertz CT molecular complexity index is 772. The zero-order valence-electron chi connectivity index (χ0n) is 10.3. The van der Waals surface area contributed by atoms with Crippen LogP contribution in [0.3, 0.4) is 0 Å². The molecule has 0 fully saturated rings. The van der Waals surface area contributed by atoms with E-state index in [9.17, 15) is 10.1 Å². The van der Waals surface area contributed by atoms with Crippen LogP contribution in [0.5, 0.6) is 0 Å². The fourth-order valence-corrected chi connectivity index (χ4v) is 2.74. The van der Waals surface area contributed by atoms with Crippen LogP contribution in [0.2, 0.25) is 0 Å². The summed E-state index contributed by atoms with van der Waals surface area (Å²) in [5.74, 6) is 0.697. The van der Waals surface area contributed by atoms with Crippen molar-refractivity contribution in [2.24, 2.45) is 0 Å². The largest absolute Gasteiger partial charge is 0.364 e. The minimum absolute atomic E-state index is 0.108. The number of rotatable bonds is 4. The number of nitro groups is 1. The molecule has 0 aliphatic rings. The number of nitro benzene ring substituents is 1. The maximum atomic E-state index is 11.0. The third-order valence-corrected chi connectivity index (χ3v) is 3.79. The lowest BCUT2D eigenvalue weighted by Crippen LogP contribution is -2.04. The SMILES string of the molecule is O=[N+]([O-])c1ccccc1CNc1ncnc2ccsc12. The van der Waals surface area contributed by atoms with E-state index in [0.29, 0.717) is 17.9 Å². The van der Waals surface area contributed by atoms with Crippen LogP contribution in [0.1, 0.15) is 5.56 Å². The first-order valence-electron chi connectivity index (χ1n) is 5.90. The molecule has 0 aliphatic heterocycles. The number of anilines is 1. The summed E-state index contributed by atoms with van der Waals surface area (Å²) in [6.45, 7) is 0.348. The van der Waals surface area contributed by atoms with Crippen molar-refractivity contribution >= 4 is 33.1 Å². The van der Waals surface area contributed by atoms with Gasteiger partial charge in [0, 0.05) is 18.2 Å². The van der Waals surface area contributed by atoms with Gasteiger partial charge in [0.05, 0.1) is 15.1 Å².